The lowest BCUT2D eigenvalue weighted by molar-refractivity contribution is 0.102. The van der Waals surface area contributed by atoms with Crippen LogP contribution >= 0.6 is 0 Å². The zero-order valence-electron chi connectivity index (χ0n) is 12.1. The Kier molecular flexibility index (Phi) is 3.53. The molecule has 0 radical (unpaired) electrons. The Hall–Kier alpha value is -3.22. The Bertz CT molecular complexity index is 1040. The average Bonchev–Trinajstić information content (AvgIpc) is 2.54. The van der Waals surface area contributed by atoms with E-state index in [1.807, 2.05) is 0 Å². The summed E-state index contributed by atoms with van der Waals surface area (Å²) in [5.74, 6) is -0.965. The van der Waals surface area contributed by atoms with E-state index >= 15 is 0 Å². The molecular weight excluding hydrogens is 301 g/mol. The Morgan fingerprint density at radius 2 is 1.70 bits per heavy atom. The number of aromatic nitrogens is 2. The third-order valence-electron chi connectivity index (χ3n) is 3.51. The van der Waals surface area contributed by atoms with Crippen molar-refractivity contribution in [3.63, 3.8) is 0 Å². The van der Waals surface area contributed by atoms with Gasteiger partial charge in [0.25, 0.3) is 17.0 Å². The quantitative estimate of drug-likeness (QED) is 0.674. The lowest BCUT2D eigenvalue weighted by atomic mass is 10.1. The number of fused-ring (bicyclic) bond motifs is 1. The highest BCUT2D eigenvalue weighted by Crippen LogP contribution is 2.17. The van der Waals surface area contributed by atoms with Crippen molar-refractivity contribution in [3.8, 4) is 0 Å². The molecule has 0 unspecified atom stereocenters. The molecule has 23 heavy (non-hydrogen) atoms. The summed E-state index contributed by atoms with van der Waals surface area (Å²) in [7, 11) is 0. The lowest BCUT2D eigenvalue weighted by Gasteiger charge is -2.09. The Morgan fingerprint density at radius 3 is 2.43 bits per heavy atom. The second-order valence-corrected chi connectivity index (χ2v) is 5.08. The fourth-order valence-electron chi connectivity index (χ4n) is 2.24. The molecule has 2 aromatic carbocycles. The molecule has 7 heteroatoms. The third-order valence-corrected chi connectivity index (χ3v) is 3.51. The molecule has 1 amide bonds. The van der Waals surface area contributed by atoms with Crippen molar-refractivity contribution in [3.05, 3.63) is 74.0 Å². The van der Waals surface area contributed by atoms with Crippen LogP contribution in [0.5, 0.6) is 0 Å². The molecule has 0 aliphatic rings. The van der Waals surface area contributed by atoms with Crippen molar-refractivity contribution in [2.45, 2.75) is 6.92 Å². The van der Waals surface area contributed by atoms with Gasteiger partial charge in [-0.05, 0) is 42.8 Å². The van der Waals surface area contributed by atoms with E-state index in [2.05, 4.69) is 15.5 Å². The van der Waals surface area contributed by atoms with E-state index in [0.717, 1.165) is 0 Å². The number of rotatable bonds is 2. The predicted molar refractivity (Wildman–Crippen MR) is 84.3 cm³/mol. The summed E-state index contributed by atoms with van der Waals surface area (Å²) in [5, 5.41) is 7.30. The molecule has 0 saturated carbocycles. The van der Waals surface area contributed by atoms with Crippen LogP contribution in [0.25, 0.3) is 10.8 Å². The number of amides is 1. The molecule has 116 valence electrons. The van der Waals surface area contributed by atoms with Crippen molar-refractivity contribution in [2.24, 2.45) is 0 Å². The third kappa shape index (κ3) is 2.76. The summed E-state index contributed by atoms with van der Waals surface area (Å²) in [4.78, 5) is 35.7. The number of aromatic amines is 2. The highest BCUT2D eigenvalue weighted by molar-refractivity contribution is 6.06. The molecule has 0 spiro atoms. The number of aryl methyl sites for hydroxylation is 1. The zero-order valence-corrected chi connectivity index (χ0v) is 12.1. The second kappa shape index (κ2) is 5.53. The Labute approximate surface area is 129 Å². The summed E-state index contributed by atoms with van der Waals surface area (Å²) >= 11 is 0. The molecular formula is C16H12FN3O3. The predicted octanol–water partition coefficient (Wildman–Crippen LogP) is 1.92. The molecule has 3 rings (SSSR count). The molecule has 0 saturated heterocycles. The molecule has 1 heterocycles. The van der Waals surface area contributed by atoms with E-state index in [0.29, 0.717) is 11.3 Å². The Balaban J connectivity index is 2.01. The molecule has 6 nitrogen and oxygen atoms in total. The topological polar surface area (TPSA) is 94.8 Å². The van der Waals surface area contributed by atoms with Crippen molar-refractivity contribution in [1.29, 1.82) is 0 Å². The van der Waals surface area contributed by atoms with Crippen molar-refractivity contribution >= 4 is 22.4 Å². The van der Waals surface area contributed by atoms with Crippen LogP contribution in [-0.4, -0.2) is 16.1 Å². The minimum atomic E-state index is -0.504. The molecule has 3 N–H and O–H groups in total. The number of H-pyrrole nitrogens is 2. The molecule has 3 aromatic rings. The van der Waals surface area contributed by atoms with Crippen molar-refractivity contribution in [1.82, 2.24) is 10.2 Å². The maximum Gasteiger partial charge on any atom is 0.270 e. The summed E-state index contributed by atoms with van der Waals surface area (Å²) < 4.78 is 13.3. The van der Waals surface area contributed by atoms with Crippen molar-refractivity contribution in [2.75, 3.05) is 5.32 Å². The maximum atomic E-state index is 13.3. The van der Waals surface area contributed by atoms with Gasteiger partial charge >= 0.3 is 0 Å². The van der Waals surface area contributed by atoms with E-state index in [-0.39, 0.29) is 16.3 Å². The normalized spacial score (nSPS) is 10.7. The number of carbonyl (C=O) groups is 1. The minimum absolute atomic E-state index is 0.109. The second-order valence-electron chi connectivity index (χ2n) is 5.08. The first kappa shape index (κ1) is 14.7. The first-order chi connectivity index (χ1) is 11.0. The molecule has 0 fully saturated rings. The van der Waals surface area contributed by atoms with Gasteiger partial charge in [0, 0.05) is 11.3 Å². The Morgan fingerprint density at radius 1 is 1.00 bits per heavy atom. The van der Waals surface area contributed by atoms with Gasteiger partial charge in [-0.15, -0.1) is 0 Å². The number of hydrogen-bond acceptors (Lipinski definition) is 3. The fraction of sp³-hybridized carbons (Fsp3) is 0.0625. The number of benzene rings is 2. The van der Waals surface area contributed by atoms with E-state index in [1.165, 1.54) is 30.3 Å². The summed E-state index contributed by atoms with van der Waals surface area (Å²) in [5.41, 5.74) is 0.283. The van der Waals surface area contributed by atoms with Gasteiger partial charge < -0.3 is 5.32 Å². The molecule has 1 aromatic heterocycles. The van der Waals surface area contributed by atoms with Gasteiger partial charge in [-0.2, -0.15) is 0 Å². The van der Waals surface area contributed by atoms with Crippen molar-refractivity contribution < 1.29 is 9.18 Å². The molecule has 0 aliphatic heterocycles. The number of nitrogens with one attached hydrogen (secondary N) is 3. The van der Waals surface area contributed by atoms with Gasteiger partial charge in [0.05, 0.1) is 10.8 Å². The van der Waals surface area contributed by atoms with Gasteiger partial charge in [-0.3, -0.25) is 24.6 Å². The number of halogens is 1. The first-order valence-electron chi connectivity index (χ1n) is 6.78. The van der Waals surface area contributed by atoms with E-state index in [4.69, 9.17) is 0 Å². The molecule has 0 atom stereocenters. The smallest absolute Gasteiger partial charge is 0.270 e. The van der Waals surface area contributed by atoms with Gasteiger partial charge in [0.15, 0.2) is 0 Å². The maximum absolute atomic E-state index is 13.3. The number of anilines is 1. The van der Waals surface area contributed by atoms with E-state index in [1.54, 1.807) is 13.0 Å². The fourth-order valence-corrected chi connectivity index (χ4v) is 2.24. The molecule has 0 aliphatic carbocycles. The zero-order chi connectivity index (χ0) is 16.6. The van der Waals surface area contributed by atoms with Crippen LogP contribution in [-0.2, 0) is 0 Å². The van der Waals surface area contributed by atoms with Crippen LogP contribution < -0.4 is 16.4 Å². The van der Waals surface area contributed by atoms with Crippen LogP contribution in [0.3, 0.4) is 0 Å². The van der Waals surface area contributed by atoms with Crippen LogP contribution in [0.2, 0.25) is 0 Å². The van der Waals surface area contributed by atoms with Crippen LogP contribution in [0.4, 0.5) is 10.1 Å². The summed E-state index contributed by atoms with van der Waals surface area (Å²) in [6, 6.07) is 8.22. The van der Waals surface area contributed by atoms with Crippen LogP contribution in [0.1, 0.15) is 15.9 Å². The first-order valence-corrected chi connectivity index (χ1v) is 6.78. The van der Waals surface area contributed by atoms with Gasteiger partial charge in [0.2, 0.25) is 0 Å². The highest BCUT2D eigenvalue weighted by Gasteiger charge is 2.11. The van der Waals surface area contributed by atoms with E-state index in [9.17, 15) is 18.8 Å². The highest BCUT2D eigenvalue weighted by atomic mass is 19.1. The minimum Gasteiger partial charge on any atom is -0.322 e. The van der Waals surface area contributed by atoms with Gasteiger partial charge in [-0.25, -0.2) is 4.39 Å². The SMILES string of the molecule is Cc1ccc(F)cc1NC(=O)c1ccc2c(=O)[nH][nH]c(=O)c2c1. The largest absolute Gasteiger partial charge is 0.322 e. The average molecular weight is 313 g/mol. The van der Waals surface area contributed by atoms with Gasteiger partial charge in [0.1, 0.15) is 5.82 Å². The van der Waals surface area contributed by atoms with Crippen LogP contribution in [0.15, 0.2) is 46.0 Å². The monoisotopic (exact) mass is 313 g/mol. The summed E-state index contributed by atoms with van der Waals surface area (Å²) in [6.45, 7) is 1.74. The number of hydrogen-bond donors (Lipinski definition) is 3. The van der Waals surface area contributed by atoms with Gasteiger partial charge in [-0.1, -0.05) is 6.07 Å². The number of carbonyl (C=O) groups excluding carboxylic acids is 1. The standard InChI is InChI=1S/C16H12FN3O3/c1-8-2-4-10(17)7-13(8)18-14(21)9-3-5-11-12(6-9)16(23)20-19-15(11)22/h2-7H,1H3,(H,18,21)(H,19,22)(H,20,23). The van der Waals surface area contributed by atoms with Crippen LogP contribution in [0, 0.1) is 12.7 Å². The van der Waals surface area contributed by atoms with E-state index < -0.39 is 22.8 Å². The summed E-state index contributed by atoms with van der Waals surface area (Å²) in [6.07, 6.45) is 0. The molecule has 0 bridgehead atoms. The lowest BCUT2D eigenvalue weighted by Crippen LogP contribution is -2.20.